The molecule has 1 aromatic rings. The van der Waals surface area contributed by atoms with Crippen LogP contribution in [0.1, 0.15) is 5.56 Å². The van der Waals surface area contributed by atoms with Crippen LogP contribution in [0, 0.1) is 0 Å². The number of hydrogen-bond donors (Lipinski definition) is 1. The fraction of sp³-hybridized carbons (Fsp3) is 0.111. The molecule has 0 spiro atoms. The largest absolute Gasteiger partial charge is 0.297 e. The van der Waals surface area contributed by atoms with Crippen LogP contribution < -0.4 is 5.84 Å². The fourth-order valence-corrected chi connectivity index (χ4v) is 1.13. The van der Waals surface area contributed by atoms with Crippen LogP contribution in [0.3, 0.4) is 0 Å². The van der Waals surface area contributed by atoms with E-state index in [2.05, 4.69) is 9.98 Å². The minimum atomic E-state index is 0.501. The second-order valence-electron chi connectivity index (χ2n) is 2.76. The quantitative estimate of drug-likeness (QED) is 0.632. The van der Waals surface area contributed by atoms with Crippen molar-refractivity contribution in [2.24, 2.45) is 10.8 Å². The third kappa shape index (κ3) is 1.73. The van der Waals surface area contributed by atoms with Gasteiger partial charge in [-0.25, -0.2) is 5.84 Å². The fourth-order valence-electron chi connectivity index (χ4n) is 1.13. The second-order valence-corrected chi connectivity index (χ2v) is 2.76. The number of rotatable bonds is 1. The minimum absolute atomic E-state index is 0.501. The van der Waals surface area contributed by atoms with E-state index >= 15 is 0 Å². The van der Waals surface area contributed by atoms with Gasteiger partial charge in [0.1, 0.15) is 6.67 Å². The summed E-state index contributed by atoms with van der Waals surface area (Å²) in [6.07, 6.45) is 7.21. The third-order valence-electron chi connectivity index (χ3n) is 1.79. The Kier molecular flexibility index (Phi) is 2.06. The van der Waals surface area contributed by atoms with Crippen molar-refractivity contribution in [2.45, 2.75) is 0 Å². The normalized spacial score (nSPS) is 15.8. The summed E-state index contributed by atoms with van der Waals surface area (Å²) in [7, 11) is 0. The van der Waals surface area contributed by atoms with Crippen LogP contribution in [0.25, 0.3) is 0 Å². The summed E-state index contributed by atoms with van der Waals surface area (Å²) in [4.78, 5) is 8.29. The molecule has 0 saturated heterocycles. The van der Waals surface area contributed by atoms with Crippen molar-refractivity contribution in [1.82, 2.24) is 9.99 Å². The number of nitrogens with zero attached hydrogens (tertiary/aromatic N) is 3. The first-order valence-corrected chi connectivity index (χ1v) is 4.00. The first-order chi connectivity index (χ1) is 6.36. The molecule has 0 fully saturated rings. The van der Waals surface area contributed by atoms with Gasteiger partial charge in [0.05, 0.1) is 5.71 Å². The van der Waals surface area contributed by atoms with E-state index in [0.29, 0.717) is 6.67 Å². The molecule has 66 valence electrons. The molecule has 1 aliphatic rings. The molecule has 0 aliphatic carbocycles. The molecule has 2 heterocycles. The lowest BCUT2D eigenvalue weighted by Gasteiger charge is -2.15. The summed E-state index contributed by atoms with van der Waals surface area (Å²) in [5.74, 6) is 5.50. The summed E-state index contributed by atoms with van der Waals surface area (Å²) < 4.78 is 0. The monoisotopic (exact) mass is 174 g/mol. The first kappa shape index (κ1) is 7.94. The van der Waals surface area contributed by atoms with Crippen LogP contribution in [-0.2, 0) is 0 Å². The second kappa shape index (κ2) is 3.37. The van der Waals surface area contributed by atoms with Crippen LogP contribution in [-0.4, -0.2) is 22.4 Å². The van der Waals surface area contributed by atoms with E-state index in [1.165, 1.54) is 5.01 Å². The van der Waals surface area contributed by atoms with Gasteiger partial charge in [0.25, 0.3) is 0 Å². The third-order valence-corrected chi connectivity index (χ3v) is 1.79. The molecule has 13 heavy (non-hydrogen) atoms. The Hall–Kier alpha value is -1.68. The molecular formula is C9H10N4. The number of pyridine rings is 1. The molecule has 4 heteroatoms. The molecule has 0 unspecified atom stereocenters. The molecule has 0 aromatic carbocycles. The highest BCUT2D eigenvalue weighted by Gasteiger charge is 2.03. The van der Waals surface area contributed by atoms with Gasteiger partial charge >= 0.3 is 0 Å². The number of allylic oxidation sites excluding steroid dienone is 1. The number of nitrogens with two attached hydrogens (primary N) is 1. The topological polar surface area (TPSA) is 54.5 Å². The highest BCUT2D eigenvalue weighted by atomic mass is 15.4. The van der Waals surface area contributed by atoms with E-state index in [-0.39, 0.29) is 0 Å². The van der Waals surface area contributed by atoms with Gasteiger partial charge in [-0.05, 0) is 18.2 Å². The van der Waals surface area contributed by atoms with E-state index in [0.717, 1.165) is 11.3 Å². The summed E-state index contributed by atoms with van der Waals surface area (Å²) in [5.41, 5.74) is 1.95. The van der Waals surface area contributed by atoms with Gasteiger partial charge in [-0.1, -0.05) is 0 Å². The van der Waals surface area contributed by atoms with E-state index in [1.807, 2.05) is 18.2 Å². The maximum atomic E-state index is 5.50. The molecule has 2 N–H and O–H groups in total. The van der Waals surface area contributed by atoms with Gasteiger partial charge in [-0.2, -0.15) is 0 Å². The minimum Gasteiger partial charge on any atom is -0.297 e. The van der Waals surface area contributed by atoms with Crippen molar-refractivity contribution < 1.29 is 0 Å². The number of hydrazine groups is 1. The summed E-state index contributed by atoms with van der Waals surface area (Å²) in [6.45, 7) is 0.501. The number of aliphatic imine (C=N–C) groups is 1. The molecule has 0 saturated carbocycles. The van der Waals surface area contributed by atoms with E-state index < -0.39 is 0 Å². The van der Waals surface area contributed by atoms with Gasteiger partial charge in [-0.3, -0.25) is 15.0 Å². The Morgan fingerprint density at radius 1 is 1.46 bits per heavy atom. The summed E-state index contributed by atoms with van der Waals surface area (Å²) in [5, 5.41) is 1.53. The molecular weight excluding hydrogens is 164 g/mol. The highest BCUT2D eigenvalue weighted by molar-refractivity contribution is 6.08. The Bertz CT molecular complexity index is 342. The summed E-state index contributed by atoms with van der Waals surface area (Å²) >= 11 is 0. The lowest BCUT2D eigenvalue weighted by Crippen LogP contribution is -2.28. The Labute approximate surface area is 76.4 Å². The average Bonchev–Trinajstić information content (AvgIpc) is 2.20. The van der Waals surface area contributed by atoms with Crippen LogP contribution in [0.15, 0.2) is 41.8 Å². The molecule has 0 amide bonds. The highest BCUT2D eigenvalue weighted by Crippen LogP contribution is 2.04. The Balaban J connectivity index is 2.25. The van der Waals surface area contributed by atoms with Gasteiger partial charge in [0, 0.05) is 24.2 Å². The molecule has 1 aromatic heterocycles. The maximum absolute atomic E-state index is 5.50. The van der Waals surface area contributed by atoms with Crippen molar-refractivity contribution in [3.05, 3.63) is 42.4 Å². The molecule has 0 radical (unpaired) electrons. The SMILES string of the molecule is NN1C=CC(c2cccnc2)=NC1. The van der Waals surface area contributed by atoms with Crippen molar-refractivity contribution >= 4 is 5.71 Å². The van der Waals surface area contributed by atoms with E-state index in [9.17, 15) is 0 Å². The van der Waals surface area contributed by atoms with Crippen LogP contribution in [0.4, 0.5) is 0 Å². The molecule has 0 bridgehead atoms. The Morgan fingerprint density at radius 2 is 2.38 bits per heavy atom. The van der Waals surface area contributed by atoms with Crippen LogP contribution in [0.5, 0.6) is 0 Å². The summed E-state index contributed by atoms with van der Waals surface area (Å²) in [6, 6.07) is 3.86. The number of hydrogen-bond acceptors (Lipinski definition) is 4. The van der Waals surface area contributed by atoms with Gasteiger partial charge in [-0.15, -0.1) is 0 Å². The molecule has 0 atom stereocenters. The van der Waals surface area contributed by atoms with E-state index in [1.54, 1.807) is 18.6 Å². The lowest BCUT2D eigenvalue weighted by molar-refractivity contribution is 0.404. The molecule has 4 nitrogen and oxygen atoms in total. The zero-order valence-electron chi connectivity index (χ0n) is 7.09. The standard InChI is InChI=1S/C9H10N4/c10-13-5-3-9(12-7-13)8-2-1-4-11-6-8/h1-6H,7,10H2. The van der Waals surface area contributed by atoms with Gasteiger partial charge in [0.2, 0.25) is 0 Å². The van der Waals surface area contributed by atoms with E-state index in [4.69, 9.17) is 5.84 Å². The predicted molar refractivity (Wildman–Crippen MR) is 50.8 cm³/mol. The van der Waals surface area contributed by atoms with Gasteiger partial charge in [0.15, 0.2) is 0 Å². The van der Waals surface area contributed by atoms with Crippen LogP contribution >= 0.6 is 0 Å². The smallest absolute Gasteiger partial charge is 0.124 e. The van der Waals surface area contributed by atoms with Crippen LogP contribution in [0.2, 0.25) is 0 Å². The average molecular weight is 174 g/mol. The zero-order chi connectivity index (χ0) is 9.10. The zero-order valence-corrected chi connectivity index (χ0v) is 7.09. The van der Waals surface area contributed by atoms with Crippen molar-refractivity contribution in [3.8, 4) is 0 Å². The number of aromatic nitrogens is 1. The molecule has 1 aliphatic heterocycles. The van der Waals surface area contributed by atoms with Crippen molar-refractivity contribution in [3.63, 3.8) is 0 Å². The van der Waals surface area contributed by atoms with Crippen molar-refractivity contribution in [2.75, 3.05) is 6.67 Å². The maximum Gasteiger partial charge on any atom is 0.124 e. The Morgan fingerprint density at radius 3 is 3.00 bits per heavy atom. The predicted octanol–water partition coefficient (Wildman–Crippen LogP) is 0.531. The first-order valence-electron chi connectivity index (χ1n) is 4.00. The van der Waals surface area contributed by atoms with Crippen molar-refractivity contribution in [1.29, 1.82) is 0 Å². The lowest BCUT2D eigenvalue weighted by atomic mass is 10.1. The van der Waals surface area contributed by atoms with Gasteiger partial charge < -0.3 is 0 Å². The molecule has 2 rings (SSSR count).